The van der Waals surface area contributed by atoms with Crippen molar-refractivity contribution >= 4 is 11.8 Å². The van der Waals surface area contributed by atoms with Crippen LogP contribution >= 0.6 is 0 Å². The molecule has 0 saturated heterocycles. The van der Waals surface area contributed by atoms with Crippen molar-refractivity contribution < 1.29 is 14.3 Å². The molecule has 0 radical (unpaired) electrons. The lowest BCUT2D eigenvalue weighted by atomic mass is 10.0. The molecule has 0 heterocycles. The lowest BCUT2D eigenvalue weighted by molar-refractivity contribution is -0.141. The smallest absolute Gasteiger partial charge is 0.243 e. The van der Waals surface area contributed by atoms with E-state index in [0.717, 1.165) is 22.4 Å². The molecule has 34 heavy (non-hydrogen) atoms. The highest BCUT2D eigenvalue weighted by Gasteiger charge is 2.30. The summed E-state index contributed by atoms with van der Waals surface area (Å²) in [5.41, 5.74) is 4.23. The first-order chi connectivity index (χ1) is 16.5. The number of nitrogens with zero attached hydrogens (tertiary/aromatic N) is 1. The van der Waals surface area contributed by atoms with E-state index >= 15 is 0 Å². The molecule has 0 fully saturated rings. The zero-order valence-electron chi connectivity index (χ0n) is 20.3. The number of benzene rings is 3. The molecule has 5 heteroatoms. The fourth-order valence-corrected chi connectivity index (χ4v) is 3.96. The third-order valence-corrected chi connectivity index (χ3v) is 5.86. The highest BCUT2D eigenvalue weighted by atomic mass is 16.5. The van der Waals surface area contributed by atoms with Crippen molar-refractivity contribution in [3.8, 4) is 5.75 Å². The summed E-state index contributed by atoms with van der Waals surface area (Å²) in [6.07, 6.45) is 1.41. The van der Waals surface area contributed by atoms with Gasteiger partial charge in [0.1, 0.15) is 11.8 Å². The van der Waals surface area contributed by atoms with Gasteiger partial charge in [-0.05, 0) is 49.1 Å². The summed E-state index contributed by atoms with van der Waals surface area (Å²) in [4.78, 5) is 28.5. The molecule has 1 N–H and O–H groups in total. The van der Waals surface area contributed by atoms with Gasteiger partial charge in [-0.15, -0.1) is 0 Å². The van der Waals surface area contributed by atoms with Gasteiger partial charge in [0, 0.05) is 25.9 Å². The van der Waals surface area contributed by atoms with Crippen LogP contribution in [0.4, 0.5) is 0 Å². The van der Waals surface area contributed by atoms with Gasteiger partial charge in [-0.25, -0.2) is 0 Å². The maximum atomic E-state index is 13.6. The summed E-state index contributed by atoms with van der Waals surface area (Å²) < 4.78 is 5.37. The predicted molar refractivity (Wildman–Crippen MR) is 136 cm³/mol. The maximum absolute atomic E-state index is 13.6. The van der Waals surface area contributed by atoms with Crippen LogP contribution in [-0.2, 0) is 29.0 Å². The Morgan fingerprint density at radius 3 is 2.29 bits per heavy atom. The van der Waals surface area contributed by atoms with Crippen LogP contribution in [0.25, 0.3) is 0 Å². The Labute approximate surface area is 202 Å². The van der Waals surface area contributed by atoms with Crippen molar-refractivity contribution in [2.45, 2.75) is 45.7 Å². The van der Waals surface area contributed by atoms with Crippen LogP contribution in [0.2, 0.25) is 0 Å². The summed E-state index contributed by atoms with van der Waals surface area (Å²) in [6, 6.07) is 25.1. The second kappa shape index (κ2) is 12.6. The fourth-order valence-electron chi connectivity index (χ4n) is 3.96. The van der Waals surface area contributed by atoms with E-state index in [2.05, 4.69) is 29.6 Å². The molecule has 2 amide bonds. The molecule has 1 atom stereocenters. The van der Waals surface area contributed by atoms with Crippen LogP contribution in [0.5, 0.6) is 5.75 Å². The van der Waals surface area contributed by atoms with Gasteiger partial charge in [-0.1, -0.05) is 72.3 Å². The summed E-state index contributed by atoms with van der Waals surface area (Å²) in [6.45, 7) is 4.78. The van der Waals surface area contributed by atoms with E-state index in [-0.39, 0.29) is 11.8 Å². The fraction of sp³-hybridized carbons (Fsp3) is 0.310. The quantitative estimate of drug-likeness (QED) is 0.453. The van der Waals surface area contributed by atoms with Gasteiger partial charge >= 0.3 is 0 Å². The van der Waals surface area contributed by atoms with Crippen LogP contribution in [0.1, 0.15) is 35.6 Å². The Morgan fingerprint density at radius 2 is 1.62 bits per heavy atom. The van der Waals surface area contributed by atoms with Crippen LogP contribution in [0, 0.1) is 6.92 Å². The topological polar surface area (TPSA) is 58.6 Å². The third kappa shape index (κ3) is 7.20. The molecule has 0 aliphatic heterocycles. The van der Waals surface area contributed by atoms with Gasteiger partial charge in [0.15, 0.2) is 0 Å². The van der Waals surface area contributed by atoms with Gasteiger partial charge < -0.3 is 15.0 Å². The Hall–Kier alpha value is -3.60. The number of aryl methyl sites for hydroxylation is 2. The van der Waals surface area contributed by atoms with Crippen molar-refractivity contribution in [1.82, 2.24) is 10.2 Å². The highest BCUT2D eigenvalue weighted by molar-refractivity contribution is 5.88. The molecule has 3 aromatic rings. The van der Waals surface area contributed by atoms with E-state index < -0.39 is 6.04 Å². The molecular formula is C29H34N2O3. The minimum absolute atomic E-state index is 0.0458. The van der Waals surface area contributed by atoms with Crippen molar-refractivity contribution in [2.24, 2.45) is 0 Å². The lowest BCUT2D eigenvalue weighted by Gasteiger charge is -2.31. The molecule has 5 nitrogen and oxygen atoms in total. The van der Waals surface area contributed by atoms with E-state index in [4.69, 9.17) is 4.74 Å². The standard InChI is InChI=1S/C29H34N2O3/c1-4-30-29(33)27(20-24-9-6-5-7-10-24)31(21-25-11-8-12-26(19-25)34-3)28(32)18-17-23-15-13-22(2)14-16-23/h5-16,19,27H,4,17-18,20-21H2,1-3H3,(H,30,33)/t27-/m0/s1. The molecule has 0 saturated carbocycles. The van der Waals surface area contributed by atoms with Crippen LogP contribution in [0.3, 0.4) is 0 Å². The van der Waals surface area contributed by atoms with E-state index in [1.165, 1.54) is 5.56 Å². The van der Waals surface area contributed by atoms with Crippen LogP contribution in [0.15, 0.2) is 78.9 Å². The summed E-state index contributed by atoms with van der Waals surface area (Å²) in [7, 11) is 1.62. The van der Waals surface area contributed by atoms with Crippen molar-refractivity contribution in [3.05, 3.63) is 101 Å². The minimum atomic E-state index is -0.612. The molecule has 0 unspecified atom stereocenters. The molecule has 3 rings (SSSR count). The predicted octanol–water partition coefficient (Wildman–Crippen LogP) is 4.71. The normalized spacial score (nSPS) is 11.5. The number of rotatable bonds is 11. The van der Waals surface area contributed by atoms with E-state index in [1.807, 2.05) is 68.4 Å². The number of nitrogens with one attached hydrogen (secondary N) is 1. The molecule has 0 spiro atoms. The number of likely N-dealkylation sites (N-methyl/N-ethyl adjacent to an activating group) is 1. The number of methoxy groups -OCH3 is 1. The number of hydrogen-bond acceptors (Lipinski definition) is 3. The average Bonchev–Trinajstić information content (AvgIpc) is 2.86. The first-order valence-electron chi connectivity index (χ1n) is 11.8. The number of carbonyl (C=O) groups excluding carboxylic acids is 2. The van der Waals surface area contributed by atoms with Gasteiger partial charge in [0.25, 0.3) is 0 Å². The zero-order valence-corrected chi connectivity index (χ0v) is 20.3. The van der Waals surface area contributed by atoms with Crippen LogP contribution in [-0.4, -0.2) is 36.4 Å². The molecule has 178 valence electrons. The Balaban J connectivity index is 1.89. The van der Waals surface area contributed by atoms with Crippen molar-refractivity contribution in [1.29, 1.82) is 0 Å². The maximum Gasteiger partial charge on any atom is 0.243 e. The van der Waals surface area contributed by atoms with Crippen LogP contribution < -0.4 is 10.1 Å². The van der Waals surface area contributed by atoms with E-state index in [0.29, 0.717) is 32.4 Å². The first-order valence-corrected chi connectivity index (χ1v) is 11.8. The lowest BCUT2D eigenvalue weighted by Crippen LogP contribution is -2.50. The molecule has 0 aromatic heterocycles. The largest absolute Gasteiger partial charge is 0.497 e. The summed E-state index contributed by atoms with van der Waals surface area (Å²) in [5, 5.41) is 2.93. The first kappa shape index (κ1) is 25.0. The van der Waals surface area contributed by atoms with Gasteiger partial charge in [0.2, 0.25) is 11.8 Å². The Morgan fingerprint density at radius 1 is 0.912 bits per heavy atom. The van der Waals surface area contributed by atoms with Gasteiger partial charge in [-0.2, -0.15) is 0 Å². The molecule has 3 aromatic carbocycles. The Kier molecular flexibility index (Phi) is 9.27. The van der Waals surface area contributed by atoms with E-state index in [1.54, 1.807) is 12.0 Å². The molecular weight excluding hydrogens is 424 g/mol. The molecule has 0 aliphatic rings. The third-order valence-electron chi connectivity index (χ3n) is 5.86. The second-order valence-electron chi connectivity index (χ2n) is 8.46. The monoisotopic (exact) mass is 458 g/mol. The summed E-state index contributed by atoms with van der Waals surface area (Å²) >= 11 is 0. The average molecular weight is 459 g/mol. The van der Waals surface area contributed by atoms with Gasteiger partial charge in [-0.3, -0.25) is 9.59 Å². The SMILES string of the molecule is CCNC(=O)[C@H](Cc1ccccc1)N(Cc1cccc(OC)c1)C(=O)CCc1ccc(C)cc1. The highest BCUT2D eigenvalue weighted by Crippen LogP contribution is 2.20. The minimum Gasteiger partial charge on any atom is -0.497 e. The molecule has 0 bridgehead atoms. The zero-order chi connectivity index (χ0) is 24.3. The number of hydrogen-bond donors (Lipinski definition) is 1. The Bertz CT molecular complexity index is 1060. The number of ether oxygens (including phenoxy) is 1. The van der Waals surface area contributed by atoms with E-state index in [9.17, 15) is 9.59 Å². The van der Waals surface area contributed by atoms with Crippen molar-refractivity contribution in [2.75, 3.05) is 13.7 Å². The number of carbonyl (C=O) groups is 2. The molecule has 0 aliphatic carbocycles. The number of amides is 2. The second-order valence-corrected chi connectivity index (χ2v) is 8.46. The van der Waals surface area contributed by atoms with Crippen molar-refractivity contribution in [3.63, 3.8) is 0 Å². The summed E-state index contributed by atoms with van der Waals surface area (Å²) in [5.74, 6) is 0.538. The van der Waals surface area contributed by atoms with Gasteiger partial charge in [0.05, 0.1) is 7.11 Å².